The van der Waals surface area contributed by atoms with Gasteiger partial charge in [0.2, 0.25) is 0 Å². The van der Waals surface area contributed by atoms with Crippen LogP contribution in [0.15, 0.2) is 121 Å². The van der Waals surface area contributed by atoms with E-state index in [9.17, 15) is 17.6 Å². The van der Waals surface area contributed by atoms with Crippen molar-refractivity contribution in [1.29, 1.82) is 0 Å². The second-order valence-electron chi connectivity index (χ2n) is 6.78. The zero-order valence-electron chi connectivity index (χ0n) is 18.3. The lowest BCUT2D eigenvalue weighted by Gasteiger charge is -2.14. The first-order valence-electron chi connectivity index (χ1n) is 9.52. The lowest BCUT2D eigenvalue weighted by molar-refractivity contribution is 0.126. The third kappa shape index (κ3) is 8.38. The highest BCUT2D eigenvalue weighted by atomic mass is 19.2. The van der Waals surface area contributed by atoms with Gasteiger partial charge in [-0.15, -0.1) is 6.58 Å². The first-order chi connectivity index (χ1) is 14.4. The average molecular weight is 435 g/mol. The maximum Gasteiger partial charge on any atom is 0.166 e. The Morgan fingerprint density at radius 3 is 1.68 bits per heavy atom. The molecule has 0 aliphatic heterocycles. The molecule has 0 rings (SSSR count). The third-order valence-electron chi connectivity index (χ3n) is 4.33. The molecule has 0 fully saturated rings. The van der Waals surface area contributed by atoms with Crippen LogP contribution in [0.5, 0.6) is 0 Å². The Morgan fingerprint density at radius 2 is 1.26 bits per heavy atom. The number of rotatable bonds is 14. The fourth-order valence-corrected chi connectivity index (χ4v) is 2.12. The van der Waals surface area contributed by atoms with Crippen LogP contribution in [0.1, 0.15) is 20.3 Å². The summed E-state index contributed by atoms with van der Waals surface area (Å²) in [4.78, 5) is 0. The summed E-state index contributed by atoms with van der Waals surface area (Å²) in [6, 6.07) is 0. The SMILES string of the molecule is C=CCC(=C)/C(F)=C(/F)C(=C)C(=C)/C=C\C(=C)C(=C)/C(F)=C(/F)C(=C)C(C)COCC. The van der Waals surface area contributed by atoms with Crippen molar-refractivity contribution in [1.82, 2.24) is 0 Å². The molecule has 0 heterocycles. The monoisotopic (exact) mass is 434 g/mol. The summed E-state index contributed by atoms with van der Waals surface area (Å²) in [6.07, 6.45) is 3.95. The minimum Gasteiger partial charge on any atom is -0.381 e. The Labute approximate surface area is 183 Å². The van der Waals surface area contributed by atoms with Gasteiger partial charge < -0.3 is 4.74 Å². The zero-order chi connectivity index (χ0) is 24.3. The fraction of sp³-hybridized carbons (Fsp3) is 0.231. The van der Waals surface area contributed by atoms with Crippen LogP contribution in [-0.2, 0) is 4.74 Å². The molecule has 0 aromatic carbocycles. The maximum absolute atomic E-state index is 14.5. The highest BCUT2D eigenvalue weighted by Gasteiger charge is 2.19. The normalized spacial score (nSPS) is 13.7. The molecule has 0 aliphatic rings. The Balaban J connectivity index is 5.38. The summed E-state index contributed by atoms with van der Waals surface area (Å²) in [5, 5.41) is 0. The number of halogens is 4. The van der Waals surface area contributed by atoms with Gasteiger partial charge in [0.25, 0.3) is 0 Å². The largest absolute Gasteiger partial charge is 0.381 e. The van der Waals surface area contributed by atoms with Crippen molar-refractivity contribution in [3.05, 3.63) is 121 Å². The summed E-state index contributed by atoms with van der Waals surface area (Å²) in [5.74, 6) is -5.18. The zero-order valence-corrected chi connectivity index (χ0v) is 18.3. The highest BCUT2D eigenvalue weighted by molar-refractivity contribution is 5.54. The van der Waals surface area contributed by atoms with Gasteiger partial charge in [0, 0.05) is 23.7 Å². The molecule has 0 aromatic heterocycles. The maximum atomic E-state index is 14.5. The van der Waals surface area contributed by atoms with Crippen molar-refractivity contribution in [3.63, 3.8) is 0 Å². The molecular formula is C26H30F4O. The first kappa shape index (κ1) is 28.1. The predicted molar refractivity (Wildman–Crippen MR) is 123 cm³/mol. The van der Waals surface area contributed by atoms with Gasteiger partial charge in [-0.05, 0) is 35.6 Å². The van der Waals surface area contributed by atoms with Gasteiger partial charge in [-0.2, -0.15) is 0 Å². The van der Waals surface area contributed by atoms with E-state index >= 15 is 0 Å². The Hall–Kier alpha value is -2.92. The van der Waals surface area contributed by atoms with Crippen molar-refractivity contribution in [2.24, 2.45) is 5.92 Å². The van der Waals surface area contributed by atoms with Crippen LogP contribution < -0.4 is 0 Å². The molecule has 0 amide bonds. The summed E-state index contributed by atoms with van der Waals surface area (Å²) in [7, 11) is 0. The van der Waals surface area contributed by atoms with Crippen molar-refractivity contribution in [3.8, 4) is 0 Å². The van der Waals surface area contributed by atoms with E-state index in [1.54, 1.807) is 13.8 Å². The Morgan fingerprint density at radius 1 is 0.806 bits per heavy atom. The smallest absolute Gasteiger partial charge is 0.166 e. The van der Waals surface area contributed by atoms with Gasteiger partial charge in [0.1, 0.15) is 0 Å². The third-order valence-corrected chi connectivity index (χ3v) is 4.33. The van der Waals surface area contributed by atoms with E-state index < -0.39 is 29.2 Å². The van der Waals surface area contributed by atoms with Crippen molar-refractivity contribution in [2.75, 3.05) is 13.2 Å². The summed E-state index contributed by atoms with van der Waals surface area (Å²) in [5.41, 5.74) is -0.787. The molecular weight excluding hydrogens is 404 g/mol. The minimum atomic E-state index is -1.22. The van der Waals surface area contributed by atoms with Crippen LogP contribution in [0.25, 0.3) is 0 Å². The van der Waals surface area contributed by atoms with E-state index in [1.165, 1.54) is 18.2 Å². The van der Waals surface area contributed by atoms with E-state index in [0.717, 1.165) is 0 Å². The molecule has 1 nitrogen and oxygen atoms in total. The standard InChI is InChI=1S/C26H30F4O/c1-10-12-18(5)23(27)24(28)20(7)16(3)13-14-17(4)21(8)25(29)26(30)22(9)19(6)15-31-11-2/h10,13-14,19H,1,3-5,7-9,11-12,15H2,2,6H3/b14-13-,24-23-,26-25-. The van der Waals surface area contributed by atoms with Crippen molar-refractivity contribution in [2.45, 2.75) is 20.3 Å². The molecule has 0 spiro atoms. The van der Waals surface area contributed by atoms with E-state index in [0.29, 0.717) is 6.61 Å². The lowest BCUT2D eigenvalue weighted by atomic mass is 9.98. The molecule has 0 radical (unpaired) electrons. The molecule has 1 atom stereocenters. The van der Waals surface area contributed by atoms with E-state index in [2.05, 4.69) is 46.1 Å². The van der Waals surface area contributed by atoms with Crippen LogP contribution >= 0.6 is 0 Å². The van der Waals surface area contributed by atoms with E-state index in [-0.39, 0.29) is 46.5 Å². The number of hydrogen-bond donors (Lipinski definition) is 0. The molecule has 0 aromatic rings. The molecule has 31 heavy (non-hydrogen) atoms. The average Bonchev–Trinajstić information content (AvgIpc) is 2.76. The molecule has 0 saturated heterocycles. The van der Waals surface area contributed by atoms with Crippen LogP contribution in [0.2, 0.25) is 0 Å². The quantitative estimate of drug-likeness (QED) is 0.151. The van der Waals surface area contributed by atoms with Crippen molar-refractivity contribution < 1.29 is 22.3 Å². The van der Waals surface area contributed by atoms with Gasteiger partial charge in [-0.1, -0.05) is 64.6 Å². The van der Waals surface area contributed by atoms with Crippen LogP contribution in [0.4, 0.5) is 17.6 Å². The van der Waals surface area contributed by atoms with Gasteiger partial charge in [-0.3, -0.25) is 0 Å². The minimum absolute atomic E-state index is 0.00705. The van der Waals surface area contributed by atoms with E-state index in [1.807, 2.05) is 0 Å². The van der Waals surface area contributed by atoms with Gasteiger partial charge in [0.05, 0.1) is 6.61 Å². The van der Waals surface area contributed by atoms with E-state index in [4.69, 9.17) is 4.74 Å². The van der Waals surface area contributed by atoms with Crippen LogP contribution in [0, 0.1) is 5.92 Å². The van der Waals surface area contributed by atoms with Gasteiger partial charge in [0.15, 0.2) is 23.3 Å². The molecule has 0 aliphatic carbocycles. The second kappa shape index (κ2) is 13.4. The fourth-order valence-electron chi connectivity index (χ4n) is 2.12. The molecule has 1 unspecified atom stereocenters. The molecule has 0 bridgehead atoms. The Bertz CT molecular complexity index is 881. The first-order valence-corrected chi connectivity index (χ1v) is 9.52. The molecule has 0 saturated carbocycles. The van der Waals surface area contributed by atoms with Crippen molar-refractivity contribution >= 4 is 0 Å². The summed E-state index contributed by atoms with van der Waals surface area (Å²) in [6.45, 7) is 28.7. The number of allylic oxidation sites excluding steroid dienone is 12. The lowest BCUT2D eigenvalue weighted by Crippen LogP contribution is -2.09. The highest BCUT2D eigenvalue weighted by Crippen LogP contribution is 2.31. The molecule has 168 valence electrons. The van der Waals surface area contributed by atoms with Crippen LogP contribution in [0.3, 0.4) is 0 Å². The van der Waals surface area contributed by atoms with Gasteiger partial charge in [-0.25, -0.2) is 17.6 Å². The van der Waals surface area contributed by atoms with Crippen LogP contribution in [-0.4, -0.2) is 13.2 Å². The second-order valence-corrected chi connectivity index (χ2v) is 6.78. The topological polar surface area (TPSA) is 9.23 Å². The predicted octanol–water partition coefficient (Wildman–Crippen LogP) is 8.43. The molecule has 0 N–H and O–H groups in total. The Kier molecular flexibility index (Phi) is 12.1. The van der Waals surface area contributed by atoms with Gasteiger partial charge >= 0.3 is 0 Å². The molecule has 5 heteroatoms. The number of hydrogen-bond acceptors (Lipinski definition) is 1. The summed E-state index contributed by atoms with van der Waals surface area (Å²) < 4.78 is 62.3. The summed E-state index contributed by atoms with van der Waals surface area (Å²) >= 11 is 0. The number of ether oxygens (including phenoxy) is 1.